The number of hydrogen-bond acceptors (Lipinski definition) is 3. The van der Waals surface area contributed by atoms with Crippen molar-refractivity contribution in [3.63, 3.8) is 0 Å². The summed E-state index contributed by atoms with van der Waals surface area (Å²) < 4.78 is 7.21. The van der Waals surface area contributed by atoms with E-state index in [-0.39, 0.29) is 19.1 Å². The van der Waals surface area contributed by atoms with Gasteiger partial charge in [0.2, 0.25) is 5.91 Å². The van der Waals surface area contributed by atoms with Gasteiger partial charge in [-0.3, -0.25) is 4.79 Å². The van der Waals surface area contributed by atoms with E-state index in [2.05, 4.69) is 22.9 Å². The molecule has 1 aliphatic heterocycles. The van der Waals surface area contributed by atoms with E-state index in [4.69, 9.17) is 9.84 Å². The molecule has 1 atom stereocenters. The second-order valence-electron chi connectivity index (χ2n) is 5.82. The number of carbonyl (C=O) groups excluding carboxylic acids is 1. The number of aryl methyl sites for hydroxylation is 2. The first-order valence-electron chi connectivity index (χ1n) is 7.71. The summed E-state index contributed by atoms with van der Waals surface area (Å²) in [4.78, 5) is 24.9. The zero-order valence-electron chi connectivity index (χ0n) is 13.1. The number of fused-ring (bicyclic) bond motifs is 1. The number of morpholine rings is 1. The molecule has 2 aromatic rings. The average molecular weight is 316 g/mol. The van der Waals surface area contributed by atoms with E-state index in [1.165, 1.54) is 0 Å². The quantitative estimate of drug-likeness (QED) is 0.926. The Kier molecular flexibility index (Phi) is 4.34. The predicted molar refractivity (Wildman–Crippen MR) is 85.2 cm³/mol. The number of aliphatic carboxylic acids is 1. The Bertz CT molecular complexity index is 737. The summed E-state index contributed by atoms with van der Waals surface area (Å²) >= 11 is 0. The molecular formula is C17H20N2O4. The summed E-state index contributed by atoms with van der Waals surface area (Å²) in [7, 11) is 1.99. The van der Waals surface area contributed by atoms with Crippen molar-refractivity contribution in [2.75, 3.05) is 19.7 Å². The van der Waals surface area contributed by atoms with E-state index in [1.807, 2.05) is 19.2 Å². The second kappa shape index (κ2) is 6.42. The molecule has 1 fully saturated rings. The van der Waals surface area contributed by atoms with Crippen molar-refractivity contribution in [2.24, 2.45) is 7.05 Å². The monoisotopic (exact) mass is 316 g/mol. The molecule has 1 aromatic heterocycles. The SMILES string of the molecule is Cn1cc(CCC(=O)N2CCO[C@@H](C(=O)O)C2)c2ccccc21. The van der Waals surface area contributed by atoms with E-state index in [0.29, 0.717) is 19.4 Å². The smallest absolute Gasteiger partial charge is 0.334 e. The maximum atomic E-state index is 12.4. The van der Waals surface area contributed by atoms with Gasteiger partial charge in [0.25, 0.3) is 0 Å². The van der Waals surface area contributed by atoms with E-state index in [1.54, 1.807) is 4.90 Å². The molecule has 0 saturated carbocycles. The maximum Gasteiger partial charge on any atom is 0.334 e. The lowest BCUT2D eigenvalue weighted by Crippen LogP contribution is -2.48. The molecule has 1 saturated heterocycles. The van der Waals surface area contributed by atoms with Gasteiger partial charge in [0.1, 0.15) is 0 Å². The van der Waals surface area contributed by atoms with Crippen LogP contribution in [0.25, 0.3) is 10.9 Å². The highest BCUT2D eigenvalue weighted by Crippen LogP contribution is 2.22. The summed E-state index contributed by atoms with van der Waals surface area (Å²) in [5.74, 6) is -1.04. The molecule has 1 aliphatic rings. The summed E-state index contributed by atoms with van der Waals surface area (Å²) in [6, 6.07) is 8.11. The Morgan fingerprint density at radius 1 is 1.35 bits per heavy atom. The standard InChI is InChI=1S/C17H20N2O4/c1-18-10-12(13-4-2-3-5-14(13)18)6-7-16(20)19-8-9-23-15(11-19)17(21)22/h2-5,10,15H,6-9,11H2,1H3,(H,21,22)/t15-/m1/s1. The Hall–Kier alpha value is -2.34. The van der Waals surface area contributed by atoms with Crippen LogP contribution in [0.15, 0.2) is 30.5 Å². The molecule has 2 heterocycles. The summed E-state index contributed by atoms with van der Waals surface area (Å²) in [5, 5.41) is 10.2. The van der Waals surface area contributed by atoms with Crippen LogP contribution in [0.4, 0.5) is 0 Å². The number of ether oxygens (including phenoxy) is 1. The normalized spacial score (nSPS) is 18.3. The van der Waals surface area contributed by atoms with Gasteiger partial charge in [-0.2, -0.15) is 0 Å². The van der Waals surface area contributed by atoms with Crippen LogP contribution < -0.4 is 0 Å². The topological polar surface area (TPSA) is 71.8 Å². The van der Waals surface area contributed by atoms with Crippen molar-refractivity contribution >= 4 is 22.8 Å². The van der Waals surface area contributed by atoms with Crippen molar-refractivity contribution in [3.8, 4) is 0 Å². The van der Waals surface area contributed by atoms with Crippen LogP contribution >= 0.6 is 0 Å². The average Bonchev–Trinajstić information content (AvgIpc) is 2.89. The van der Waals surface area contributed by atoms with E-state index >= 15 is 0 Å². The Morgan fingerprint density at radius 3 is 2.91 bits per heavy atom. The lowest BCUT2D eigenvalue weighted by atomic mass is 10.1. The second-order valence-corrected chi connectivity index (χ2v) is 5.82. The molecule has 0 radical (unpaired) electrons. The largest absolute Gasteiger partial charge is 0.479 e. The molecular weight excluding hydrogens is 296 g/mol. The molecule has 3 rings (SSSR count). The molecule has 6 heteroatoms. The molecule has 0 aliphatic carbocycles. The molecule has 0 unspecified atom stereocenters. The molecule has 1 aromatic carbocycles. The number of carboxylic acids is 1. The third-order valence-corrected chi connectivity index (χ3v) is 4.28. The first kappa shape index (κ1) is 15.6. The van der Waals surface area contributed by atoms with Gasteiger partial charge in [0.15, 0.2) is 6.10 Å². The van der Waals surface area contributed by atoms with Crippen LogP contribution in [-0.2, 0) is 27.8 Å². The highest BCUT2D eigenvalue weighted by atomic mass is 16.5. The van der Waals surface area contributed by atoms with Crippen molar-refractivity contribution in [2.45, 2.75) is 18.9 Å². The lowest BCUT2D eigenvalue weighted by Gasteiger charge is -2.30. The Morgan fingerprint density at radius 2 is 2.13 bits per heavy atom. The van der Waals surface area contributed by atoms with E-state index in [9.17, 15) is 9.59 Å². The third kappa shape index (κ3) is 3.22. The van der Waals surface area contributed by atoms with Crippen LogP contribution in [0.1, 0.15) is 12.0 Å². The molecule has 0 spiro atoms. The van der Waals surface area contributed by atoms with Gasteiger partial charge < -0.3 is 19.3 Å². The van der Waals surface area contributed by atoms with Gasteiger partial charge in [-0.15, -0.1) is 0 Å². The van der Waals surface area contributed by atoms with Crippen LogP contribution in [0.3, 0.4) is 0 Å². The number of hydrogen-bond donors (Lipinski definition) is 1. The summed E-state index contributed by atoms with van der Waals surface area (Å²) in [6.07, 6.45) is 2.16. The van der Waals surface area contributed by atoms with Gasteiger partial charge in [0, 0.05) is 37.1 Å². The zero-order chi connectivity index (χ0) is 16.4. The first-order valence-corrected chi connectivity index (χ1v) is 7.71. The fourth-order valence-electron chi connectivity index (χ4n) is 3.05. The molecule has 6 nitrogen and oxygen atoms in total. The minimum atomic E-state index is -1.02. The number of aromatic nitrogens is 1. The van der Waals surface area contributed by atoms with Gasteiger partial charge in [-0.25, -0.2) is 4.79 Å². The van der Waals surface area contributed by atoms with Crippen molar-refractivity contribution in [1.82, 2.24) is 9.47 Å². The van der Waals surface area contributed by atoms with Gasteiger partial charge >= 0.3 is 5.97 Å². The van der Waals surface area contributed by atoms with Crippen molar-refractivity contribution in [3.05, 3.63) is 36.0 Å². The van der Waals surface area contributed by atoms with Gasteiger partial charge in [-0.05, 0) is 18.1 Å². The Labute approximate surface area is 134 Å². The van der Waals surface area contributed by atoms with Crippen molar-refractivity contribution in [1.29, 1.82) is 0 Å². The summed E-state index contributed by atoms with van der Waals surface area (Å²) in [6.45, 7) is 0.860. The number of carbonyl (C=O) groups is 2. The molecule has 0 bridgehead atoms. The molecule has 1 amide bonds. The Balaban J connectivity index is 1.65. The minimum absolute atomic E-state index is 0.0208. The third-order valence-electron chi connectivity index (χ3n) is 4.28. The fourth-order valence-corrected chi connectivity index (χ4v) is 3.05. The van der Waals surface area contributed by atoms with Gasteiger partial charge in [-0.1, -0.05) is 18.2 Å². The van der Waals surface area contributed by atoms with E-state index in [0.717, 1.165) is 16.5 Å². The molecule has 23 heavy (non-hydrogen) atoms. The number of benzene rings is 1. The number of nitrogens with zero attached hydrogens (tertiary/aromatic N) is 2. The molecule has 122 valence electrons. The van der Waals surface area contributed by atoms with Crippen molar-refractivity contribution < 1.29 is 19.4 Å². The van der Waals surface area contributed by atoms with Crippen LogP contribution in [-0.4, -0.2) is 52.3 Å². The van der Waals surface area contributed by atoms with E-state index < -0.39 is 12.1 Å². The predicted octanol–water partition coefficient (Wildman–Crippen LogP) is 1.42. The van der Waals surface area contributed by atoms with Crippen LogP contribution in [0.2, 0.25) is 0 Å². The fraction of sp³-hybridized carbons (Fsp3) is 0.412. The number of carboxylic acid groups (broad SMARTS) is 1. The summed E-state index contributed by atoms with van der Waals surface area (Å²) in [5.41, 5.74) is 2.28. The lowest BCUT2D eigenvalue weighted by molar-refractivity contribution is -0.159. The zero-order valence-corrected chi connectivity index (χ0v) is 13.1. The first-order chi connectivity index (χ1) is 11.1. The highest BCUT2D eigenvalue weighted by Gasteiger charge is 2.28. The number of amides is 1. The minimum Gasteiger partial charge on any atom is -0.479 e. The number of para-hydroxylation sites is 1. The van der Waals surface area contributed by atoms with Crippen LogP contribution in [0, 0.1) is 0 Å². The highest BCUT2D eigenvalue weighted by molar-refractivity contribution is 5.85. The maximum absolute atomic E-state index is 12.4. The molecule has 1 N–H and O–H groups in total. The number of rotatable bonds is 4. The van der Waals surface area contributed by atoms with Crippen LogP contribution in [0.5, 0.6) is 0 Å². The van der Waals surface area contributed by atoms with Gasteiger partial charge in [0.05, 0.1) is 13.2 Å².